The molecule has 2 aromatic heterocycles. The molecule has 2 N–H and O–H groups in total. The third kappa shape index (κ3) is 3.46. The quantitative estimate of drug-likeness (QED) is 0.574. The maximum Gasteiger partial charge on any atom is 0.291 e. The first kappa shape index (κ1) is 17.0. The van der Waals surface area contributed by atoms with Gasteiger partial charge in [0.1, 0.15) is 12.1 Å². The molecule has 2 aromatic carbocycles. The van der Waals surface area contributed by atoms with E-state index in [1.165, 1.54) is 10.2 Å². The van der Waals surface area contributed by atoms with Crippen LogP contribution in [0.1, 0.15) is 11.1 Å². The monoisotopic (exact) mass is 360 g/mol. The molecule has 0 radical (unpaired) electrons. The number of fused-ring (bicyclic) bond motifs is 3. The Morgan fingerprint density at radius 1 is 1.11 bits per heavy atom. The third-order valence-corrected chi connectivity index (χ3v) is 4.67. The lowest BCUT2D eigenvalue weighted by atomic mass is 10.1. The number of hydrogen-bond donors (Lipinski definition) is 2. The van der Waals surface area contributed by atoms with Crippen LogP contribution in [0.15, 0.2) is 59.5 Å². The molecule has 136 valence electrons. The van der Waals surface area contributed by atoms with Gasteiger partial charge in [-0.15, -0.1) is 0 Å². The number of rotatable bonds is 5. The Bertz CT molecular complexity index is 1170. The van der Waals surface area contributed by atoms with Crippen LogP contribution in [0.4, 0.5) is 0 Å². The summed E-state index contributed by atoms with van der Waals surface area (Å²) in [7, 11) is 0. The predicted octanol–water partition coefficient (Wildman–Crippen LogP) is 2.55. The smallest absolute Gasteiger partial charge is 0.291 e. The molecule has 0 saturated heterocycles. The molecule has 0 spiro atoms. The van der Waals surface area contributed by atoms with Crippen LogP contribution in [-0.2, 0) is 17.8 Å². The fourth-order valence-corrected chi connectivity index (χ4v) is 3.18. The predicted molar refractivity (Wildman–Crippen MR) is 106 cm³/mol. The molecule has 6 nitrogen and oxygen atoms in total. The first-order valence-electron chi connectivity index (χ1n) is 8.90. The highest BCUT2D eigenvalue weighted by molar-refractivity contribution is 6.06. The van der Waals surface area contributed by atoms with Crippen molar-refractivity contribution in [1.29, 1.82) is 0 Å². The molecular weight excluding hydrogens is 340 g/mol. The molecule has 0 unspecified atom stereocenters. The molecule has 0 aliphatic heterocycles. The molecule has 4 rings (SSSR count). The van der Waals surface area contributed by atoms with E-state index in [1.54, 1.807) is 6.20 Å². The van der Waals surface area contributed by atoms with Crippen molar-refractivity contribution < 1.29 is 4.79 Å². The maximum absolute atomic E-state index is 12.6. The zero-order valence-corrected chi connectivity index (χ0v) is 15.0. The minimum atomic E-state index is -0.294. The Kier molecular flexibility index (Phi) is 4.46. The van der Waals surface area contributed by atoms with Crippen LogP contribution < -0.4 is 10.9 Å². The topological polar surface area (TPSA) is 79.8 Å². The number of para-hydroxylation sites is 1. The van der Waals surface area contributed by atoms with Crippen LogP contribution in [0.2, 0.25) is 0 Å². The summed E-state index contributed by atoms with van der Waals surface area (Å²) in [4.78, 5) is 28.0. The van der Waals surface area contributed by atoms with Gasteiger partial charge in [-0.1, -0.05) is 48.0 Å². The van der Waals surface area contributed by atoms with Gasteiger partial charge >= 0.3 is 0 Å². The largest absolute Gasteiger partial charge is 0.354 e. The number of benzene rings is 2. The number of aromatic nitrogens is 3. The average molecular weight is 360 g/mol. The number of carbonyl (C=O) groups excluding carboxylic acids is 1. The minimum Gasteiger partial charge on any atom is -0.354 e. The van der Waals surface area contributed by atoms with Crippen molar-refractivity contribution in [3.8, 4) is 0 Å². The van der Waals surface area contributed by atoms with E-state index < -0.39 is 0 Å². The summed E-state index contributed by atoms with van der Waals surface area (Å²) >= 11 is 0. The van der Waals surface area contributed by atoms with Crippen molar-refractivity contribution in [2.45, 2.75) is 19.9 Å². The van der Waals surface area contributed by atoms with Crippen LogP contribution in [0.3, 0.4) is 0 Å². The molecule has 27 heavy (non-hydrogen) atoms. The van der Waals surface area contributed by atoms with E-state index in [-0.39, 0.29) is 18.0 Å². The molecule has 0 fully saturated rings. The number of amides is 1. The zero-order valence-electron chi connectivity index (χ0n) is 15.0. The van der Waals surface area contributed by atoms with Crippen molar-refractivity contribution >= 4 is 27.7 Å². The van der Waals surface area contributed by atoms with E-state index in [4.69, 9.17) is 0 Å². The van der Waals surface area contributed by atoms with Gasteiger partial charge in [-0.25, -0.2) is 4.68 Å². The number of nitrogens with zero attached hydrogens (tertiary/aromatic N) is 2. The molecule has 0 aliphatic rings. The van der Waals surface area contributed by atoms with Crippen LogP contribution in [0.5, 0.6) is 0 Å². The fraction of sp³-hybridized carbons (Fsp3) is 0.190. The molecule has 2 heterocycles. The number of nitrogens with one attached hydrogen (secondary N) is 2. The molecule has 0 aliphatic carbocycles. The van der Waals surface area contributed by atoms with Gasteiger partial charge in [-0.2, -0.15) is 5.10 Å². The Hall–Kier alpha value is -3.41. The molecule has 6 heteroatoms. The van der Waals surface area contributed by atoms with E-state index in [1.807, 2.05) is 31.2 Å². The Balaban J connectivity index is 1.45. The van der Waals surface area contributed by atoms with Crippen LogP contribution >= 0.6 is 0 Å². The second-order valence-electron chi connectivity index (χ2n) is 6.65. The zero-order chi connectivity index (χ0) is 18.8. The molecule has 0 bridgehead atoms. The first-order chi connectivity index (χ1) is 13.1. The van der Waals surface area contributed by atoms with Gasteiger partial charge in [0, 0.05) is 22.8 Å². The van der Waals surface area contributed by atoms with Gasteiger partial charge in [-0.3, -0.25) is 9.59 Å². The van der Waals surface area contributed by atoms with Gasteiger partial charge in [0.15, 0.2) is 0 Å². The van der Waals surface area contributed by atoms with E-state index in [2.05, 4.69) is 39.7 Å². The van der Waals surface area contributed by atoms with Crippen LogP contribution in [0, 0.1) is 6.92 Å². The lowest BCUT2D eigenvalue weighted by molar-refractivity contribution is -0.121. The van der Waals surface area contributed by atoms with Crippen molar-refractivity contribution in [3.63, 3.8) is 0 Å². The summed E-state index contributed by atoms with van der Waals surface area (Å²) < 4.78 is 1.19. The van der Waals surface area contributed by atoms with Crippen molar-refractivity contribution in [1.82, 2.24) is 20.1 Å². The third-order valence-electron chi connectivity index (χ3n) is 4.67. The second-order valence-corrected chi connectivity index (χ2v) is 6.65. The van der Waals surface area contributed by atoms with E-state index in [9.17, 15) is 9.59 Å². The number of aromatic amines is 1. The number of aryl methyl sites for hydroxylation is 1. The summed E-state index contributed by atoms with van der Waals surface area (Å²) in [6, 6.07) is 15.9. The number of hydrogen-bond acceptors (Lipinski definition) is 3. The molecule has 4 aromatic rings. The van der Waals surface area contributed by atoms with E-state index >= 15 is 0 Å². The summed E-state index contributed by atoms with van der Waals surface area (Å²) in [6.07, 6.45) is 2.38. The summed E-state index contributed by atoms with van der Waals surface area (Å²) in [6.45, 7) is 2.46. The SMILES string of the molecule is Cc1ccc(CCNC(=O)Cn2ncc3c([nH]c4ccccc43)c2=O)cc1. The standard InChI is InChI=1S/C21H20N4O2/c1-14-6-8-15(9-7-14)10-11-22-19(26)13-25-21(27)20-17(12-23-25)16-4-2-3-5-18(16)24-20/h2-9,12,24H,10-11,13H2,1H3,(H,22,26). The fourth-order valence-electron chi connectivity index (χ4n) is 3.18. The highest BCUT2D eigenvalue weighted by Gasteiger charge is 2.12. The van der Waals surface area contributed by atoms with Gasteiger partial charge in [0.25, 0.3) is 5.56 Å². The van der Waals surface area contributed by atoms with Gasteiger partial charge < -0.3 is 10.3 Å². The minimum absolute atomic E-state index is 0.0992. The maximum atomic E-state index is 12.6. The Labute approximate surface area is 155 Å². The van der Waals surface area contributed by atoms with E-state index in [0.717, 1.165) is 28.3 Å². The highest BCUT2D eigenvalue weighted by atomic mass is 16.2. The van der Waals surface area contributed by atoms with Crippen LogP contribution in [0.25, 0.3) is 21.8 Å². The molecular formula is C21H20N4O2. The molecule has 1 amide bonds. The number of carbonyl (C=O) groups is 1. The van der Waals surface area contributed by atoms with Gasteiger partial charge in [0.2, 0.25) is 5.91 Å². The Morgan fingerprint density at radius 3 is 2.70 bits per heavy atom. The highest BCUT2D eigenvalue weighted by Crippen LogP contribution is 2.21. The first-order valence-corrected chi connectivity index (χ1v) is 8.90. The Morgan fingerprint density at radius 2 is 1.89 bits per heavy atom. The van der Waals surface area contributed by atoms with Crippen molar-refractivity contribution in [3.05, 3.63) is 76.2 Å². The summed E-state index contributed by atoms with van der Waals surface area (Å²) in [5.74, 6) is -0.229. The van der Waals surface area contributed by atoms with Crippen LogP contribution in [-0.4, -0.2) is 27.2 Å². The average Bonchev–Trinajstić information content (AvgIpc) is 3.05. The molecule has 0 atom stereocenters. The van der Waals surface area contributed by atoms with Crippen molar-refractivity contribution in [2.75, 3.05) is 6.54 Å². The summed E-state index contributed by atoms with van der Waals surface area (Å²) in [5, 5.41) is 8.74. The normalized spacial score (nSPS) is 11.1. The van der Waals surface area contributed by atoms with Gasteiger partial charge in [0.05, 0.1) is 6.20 Å². The lowest BCUT2D eigenvalue weighted by Gasteiger charge is -2.07. The summed E-state index contributed by atoms with van der Waals surface area (Å²) in [5.41, 5.74) is 3.43. The van der Waals surface area contributed by atoms with Gasteiger partial charge in [-0.05, 0) is 25.0 Å². The number of H-pyrrole nitrogens is 1. The van der Waals surface area contributed by atoms with Crippen molar-refractivity contribution in [2.24, 2.45) is 0 Å². The second kappa shape index (κ2) is 7.07. The lowest BCUT2D eigenvalue weighted by Crippen LogP contribution is -2.34. The molecule has 0 saturated carbocycles. The van der Waals surface area contributed by atoms with E-state index in [0.29, 0.717) is 12.1 Å².